The van der Waals surface area contributed by atoms with Crippen molar-refractivity contribution in [3.8, 4) is 12.3 Å². The summed E-state index contributed by atoms with van der Waals surface area (Å²) in [6.45, 7) is 2.15. The predicted molar refractivity (Wildman–Crippen MR) is 67.9 cm³/mol. The van der Waals surface area contributed by atoms with Gasteiger partial charge in [-0.25, -0.2) is 0 Å². The molecule has 0 amide bonds. The number of halogens is 1. The van der Waals surface area contributed by atoms with E-state index in [2.05, 4.69) is 5.92 Å². The summed E-state index contributed by atoms with van der Waals surface area (Å²) < 4.78 is 0. The second-order valence-corrected chi connectivity index (χ2v) is 4.17. The first kappa shape index (κ1) is 13.6. The first-order valence-corrected chi connectivity index (χ1v) is 5.57. The van der Waals surface area contributed by atoms with E-state index in [0.29, 0.717) is 11.6 Å². The Balaban J connectivity index is 2.83. The van der Waals surface area contributed by atoms with Crippen LogP contribution in [0.1, 0.15) is 18.5 Å². The van der Waals surface area contributed by atoms with Gasteiger partial charge in [0.05, 0.1) is 13.1 Å². The van der Waals surface area contributed by atoms with Gasteiger partial charge in [-0.05, 0) is 24.6 Å². The van der Waals surface area contributed by atoms with Gasteiger partial charge in [-0.3, -0.25) is 9.69 Å². The molecule has 0 aromatic heterocycles. The Labute approximate surface area is 106 Å². The minimum absolute atomic E-state index is 0.0561. The highest BCUT2D eigenvalue weighted by atomic mass is 35.5. The van der Waals surface area contributed by atoms with Gasteiger partial charge in [-0.2, -0.15) is 0 Å². The molecule has 1 aromatic rings. The topological polar surface area (TPSA) is 40.5 Å². The van der Waals surface area contributed by atoms with E-state index in [1.54, 1.807) is 17.0 Å². The summed E-state index contributed by atoms with van der Waals surface area (Å²) in [5.41, 5.74) is 0.992. The highest BCUT2D eigenvalue weighted by Crippen LogP contribution is 2.21. The fourth-order valence-electron chi connectivity index (χ4n) is 1.57. The Morgan fingerprint density at radius 2 is 2.12 bits per heavy atom. The Kier molecular flexibility index (Phi) is 5.02. The van der Waals surface area contributed by atoms with Crippen molar-refractivity contribution in [3.05, 3.63) is 34.9 Å². The van der Waals surface area contributed by atoms with E-state index in [4.69, 9.17) is 23.1 Å². The molecule has 0 aliphatic heterocycles. The zero-order valence-corrected chi connectivity index (χ0v) is 10.3. The van der Waals surface area contributed by atoms with Crippen molar-refractivity contribution >= 4 is 17.6 Å². The maximum atomic E-state index is 10.7. The second-order valence-electron chi connectivity index (χ2n) is 3.73. The molecule has 0 fully saturated rings. The van der Waals surface area contributed by atoms with Crippen molar-refractivity contribution in [2.45, 2.75) is 13.0 Å². The van der Waals surface area contributed by atoms with Gasteiger partial charge in [-0.1, -0.05) is 29.7 Å². The van der Waals surface area contributed by atoms with Gasteiger partial charge in [0.25, 0.3) is 0 Å². The lowest BCUT2D eigenvalue weighted by atomic mass is 10.1. The van der Waals surface area contributed by atoms with Crippen molar-refractivity contribution in [2.75, 3.05) is 13.1 Å². The van der Waals surface area contributed by atoms with E-state index in [0.717, 1.165) is 5.56 Å². The fraction of sp³-hybridized carbons (Fsp3) is 0.308. The maximum absolute atomic E-state index is 10.7. The molecule has 1 atom stereocenters. The number of aliphatic carboxylic acids is 1. The number of terminal acetylenes is 1. The van der Waals surface area contributed by atoms with Crippen LogP contribution in [0.5, 0.6) is 0 Å². The molecule has 0 spiro atoms. The number of hydrogen-bond acceptors (Lipinski definition) is 2. The first-order valence-electron chi connectivity index (χ1n) is 5.19. The molecule has 0 saturated carbocycles. The average Bonchev–Trinajstić information content (AvgIpc) is 2.28. The first-order chi connectivity index (χ1) is 8.04. The monoisotopic (exact) mass is 251 g/mol. The maximum Gasteiger partial charge on any atom is 0.317 e. The van der Waals surface area contributed by atoms with Crippen LogP contribution >= 0.6 is 11.6 Å². The molecule has 0 bridgehead atoms. The summed E-state index contributed by atoms with van der Waals surface area (Å²) in [4.78, 5) is 12.5. The molecular weight excluding hydrogens is 238 g/mol. The lowest BCUT2D eigenvalue weighted by molar-refractivity contribution is -0.138. The second kappa shape index (κ2) is 6.29. The van der Waals surface area contributed by atoms with Gasteiger partial charge < -0.3 is 5.11 Å². The predicted octanol–water partition coefficient (Wildman–Crippen LogP) is 2.42. The molecule has 0 radical (unpaired) electrons. The highest BCUT2D eigenvalue weighted by molar-refractivity contribution is 6.30. The normalized spacial score (nSPS) is 12.1. The molecule has 1 N–H and O–H groups in total. The number of carboxylic acids is 1. The molecule has 0 saturated heterocycles. The molecule has 0 heterocycles. The lowest BCUT2D eigenvalue weighted by Crippen LogP contribution is -2.32. The summed E-state index contributed by atoms with van der Waals surface area (Å²) in [5, 5.41) is 9.47. The quantitative estimate of drug-likeness (QED) is 0.817. The minimum Gasteiger partial charge on any atom is -0.480 e. The molecular formula is C13H14ClNO2. The summed E-state index contributed by atoms with van der Waals surface area (Å²) >= 11 is 5.80. The van der Waals surface area contributed by atoms with Gasteiger partial charge in [0.2, 0.25) is 0 Å². The molecule has 4 heteroatoms. The Hall–Kier alpha value is -1.50. The lowest BCUT2D eigenvalue weighted by Gasteiger charge is -2.25. The van der Waals surface area contributed by atoms with E-state index in [1.807, 2.05) is 19.1 Å². The Bertz CT molecular complexity index is 422. The van der Waals surface area contributed by atoms with Crippen LogP contribution in [0.2, 0.25) is 5.02 Å². The van der Waals surface area contributed by atoms with E-state index < -0.39 is 5.97 Å². The molecule has 1 aromatic carbocycles. The van der Waals surface area contributed by atoms with E-state index in [9.17, 15) is 4.79 Å². The van der Waals surface area contributed by atoms with Crippen LogP contribution in [0.15, 0.2) is 24.3 Å². The van der Waals surface area contributed by atoms with E-state index >= 15 is 0 Å². The van der Waals surface area contributed by atoms with Gasteiger partial charge >= 0.3 is 5.97 Å². The Morgan fingerprint density at radius 1 is 1.53 bits per heavy atom. The van der Waals surface area contributed by atoms with Gasteiger partial charge in [0, 0.05) is 11.1 Å². The zero-order valence-electron chi connectivity index (χ0n) is 9.56. The van der Waals surface area contributed by atoms with Crippen molar-refractivity contribution in [3.63, 3.8) is 0 Å². The van der Waals surface area contributed by atoms with Crippen molar-refractivity contribution in [1.29, 1.82) is 0 Å². The number of carbonyl (C=O) groups is 1. The number of nitrogens with zero attached hydrogens (tertiary/aromatic N) is 1. The summed E-state index contributed by atoms with van der Waals surface area (Å²) in [6.07, 6.45) is 5.24. The number of benzene rings is 1. The average molecular weight is 252 g/mol. The Morgan fingerprint density at radius 3 is 2.59 bits per heavy atom. The van der Waals surface area contributed by atoms with Crippen LogP contribution in [0.25, 0.3) is 0 Å². The highest BCUT2D eigenvalue weighted by Gasteiger charge is 2.17. The number of carboxylic acid groups (broad SMARTS) is 1. The smallest absolute Gasteiger partial charge is 0.317 e. The van der Waals surface area contributed by atoms with Crippen molar-refractivity contribution in [2.24, 2.45) is 0 Å². The molecule has 1 unspecified atom stereocenters. The summed E-state index contributed by atoms with van der Waals surface area (Å²) in [6, 6.07) is 7.25. The zero-order chi connectivity index (χ0) is 12.8. The number of rotatable bonds is 5. The summed E-state index contributed by atoms with van der Waals surface area (Å²) in [5.74, 6) is 1.58. The van der Waals surface area contributed by atoms with Gasteiger partial charge in [-0.15, -0.1) is 6.42 Å². The van der Waals surface area contributed by atoms with E-state index in [1.165, 1.54) is 0 Å². The minimum atomic E-state index is -0.888. The van der Waals surface area contributed by atoms with Crippen LogP contribution in [0.3, 0.4) is 0 Å². The molecule has 1 rings (SSSR count). The van der Waals surface area contributed by atoms with Crippen LogP contribution < -0.4 is 0 Å². The largest absolute Gasteiger partial charge is 0.480 e. The van der Waals surface area contributed by atoms with Gasteiger partial charge in [0.1, 0.15) is 0 Å². The molecule has 0 aliphatic rings. The van der Waals surface area contributed by atoms with Crippen LogP contribution in [-0.2, 0) is 4.79 Å². The van der Waals surface area contributed by atoms with Gasteiger partial charge in [0.15, 0.2) is 0 Å². The summed E-state index contributed by atoms with van der Waals surface area (Å²) in [7, 11) is 0. The molecule has 17 heavy (non-hydrogen) atoms. The van der Waals surface area contributed by atoms with Crippen molar-refractivity contribution in [1.82, 2.24) is 4.90 Å². The van der Waals surface area contributed by atoms with E-state index in [-0.39, 0.29) is 12.6 Å². The standard InChI is InChI=1S/C13H14ClNO2/c1-3-8-15(9-13(16)17)10(2)11-4-6-12(14)7-5-11/h1,4-7,10H,8-9H2,2H3,(H,16,17). The van der Waals surface area contributed by atoms with Crippen LogP contribution in [-0.4, -0.2) is 29.1 Å². The third-order valence-corrected chi connectivity index (χ3v) is 2.78. The third kappa shape index (κ3) is 4.10. The van der Waals surface area contributed by atoms with Crippen LogP contribution in [0, 0.1) is 12.3 Å². The number of hydrogen-bond donors (Lipinski definition) is 1. The fourth-order valence-corrected chi connectivity index (χ4v) is 1.70. The SMILES string of the molecule is C#CCN(CC(=O)O)C(C)c1ccc(Cl)cc1. The molecule has 0 aliphatic carbocycles. The third-order valence-electron chi connectivity index (χ3n) is 2.53. The molecule has 90 valence electrons. The van der Waals surface area contributed by atoms with Crippen molar-refractivity contribution < 1.29 is 9.90 Å². The van der Waals surface area contributed by atoms with Crippen LogP contribution in [0.4, 0.5) is 0 Å². The molecule has 3 nitrogen and oxygen atoms in total.